The van der Waals surface area contributed by atoms with Gasteiger partial charge < -0.3 is 9.84 Å². The van der Waals surface area contributed by atoms with Gasteiger partial charge in [-0.05, 0) is 30.0 Å². The molecular weight excluding hydrogens is 238 g/mol. The summed E-state index contributed by atoms with van der Waals surface area (Å²) in [5, 5.41) is 18.7. The Balaban J connectivity index is 2.06. The van der Waals surface area contributed by atoms with Crippen LogP contribution in [0.3, 0.4) is 0 Å². The molecule has 0 spiro atoms. The highest BCUT2D eigenvalue weighted by Gasteiger charge is 2.59. The summed E-state index contributed by atoms with van der Waals surface area (Å²) in [6.45, 7) is 2.40. The lowest BCUT2D eigenvalue weighted by molar-refractivity contribution is -0.0800. The number of aliphatic hydroxyl groups excluding tert-OH is 1. The summed E-state index contributed by atoms with van der Waals surface area (Å²) in [6.07, 6.45) is 2.95. The Morgan fingerprint density at radius 2 is 2.26 bits per heavy atom. The predicted octanol–water partition coefficient (Wildman–Crippen LogP) is 2.26. The highest BCUT2D eigenvalue weighted by molar-refractivity contribution is 5.73. The smallest absolute Gasteiger partial charge is 0.115 e. The predicted molar refractivity (Wildman–Crippen MR) is 72.3 cm³/mol. The number of ether oxygens (including phenoxy) is 1. The summed E-state index contributed by atoms with van der Waals surface area (Å²) in [5.41, 5.74) is 2.91. The molecule has 3 nitrogen and oxygen atoms in total. The van der Waals surface area contributed by atoms with Crippen LogP contribution in [0.25, 0.3) is 5.57 Å². The minimum absolute atomic E-state index is 0.000804. The molecule has 19 heavy (non-hydrogen) atoms. The largest absolute Gasteiger partial charge is 0.394 e. The molecule has 1 aromatic rings. The van der Waals surface area contributed by atoms with E-state index in [0.717, 1.165) is 17.5 Å². The van der Waals surface area contributed by atoms with Crippen LogP contribution in [0.5, 0.6) is 0 Å². The summed E-state index contributed by atoms with van der Waals surface area (Å²) >= 11 is 0. The molecule has 98 valence electrons. The number of fused-ring (bicyclic) bond motifs is 3. The van der Waals surface area contributed by atoms with E-state index in [1.54, 1.807) is 0 Å². The number of rotatable bonds is 3. The van der Waals surface area contributed by atoms with Gasteiger partial charge in [-0.15, -0.1) is 0 Å². The lowest BCUT2D eigenvalue weighted by atomic mass is 9.52. The zero-order valence-corrected chi connectivity index (χ0v) is 11.0. The van der Waals surface area contributed by atoms with Crippen LogP contribution in [0.1, 0.15) is 24.5 Å². The van der Waals surface area contributed by atoms with Crippen LogP contribution in [0.2, 0.25) is 0 Å². The Bertz CT molecular complexity index is 572. The van der Waals surface area contributed by atoms with Crippen molar-refractivity contribution in [3.63, 3.8) is 0 Å². The monoisotopic (exact) mass is 255 g/mol. The molecule has 1 aromatic carbocycles. The molecule has 2 aliphatic carbocycles. The van der Waals surface area contributed by atoms with Crippen molar-refractivity contribution < 1.29 is 9.84 Å². The van der Waals surface area contributed by atoms with Crippen LogP contribution in [-0.4, -0.2) is 24.4 Å². The summed E-state index contributed by atoms with van der Waals surface area (Å²) in [5.74, 6) is 0.232. The van der Waals surface area contributed by atoms with Crippen molar-refractivity contribution >= 4 is 5.57 Å². The average molecular weight is 255 g/mol. The molecule has 1 saturated carbocycles. The summed E-state index contributed by atoms with van der Waals surface area (Å²) in [4.78, 5) is 0. The first-order valence-corrected chi connectivity index (χ1v) is 6.66. The van der Waals surface area contributed by atoms with Crippen molar-refractivity contribution in [2.24, 2.45) is 5.92 Å². The van der Waals surface area contributed by atoms with E-state index >= 15 is 0 Å². The van der Waals surface area contributed by atoms with E-state index in [0.29, 0.717) is 6.61 Å². The van der Waals surface area contributed by atoms with Crippen molar-refractivity contribution in [1.82, 2.24) is 0 Å². The first-order chi connectivity index (χ1) is 9.24. The number of aliphatic hydroxyl groups is 1. The van der Waals surface area contributed by atoms with Crippen molar-refractivity contribution in [3.05, 3.63) is 41.5 Å². The lowest BCUT2D eigenvalue weighted by Gasteiger charge is -2.53. The number of hydrogen-bond donors (Lipinski definition) is 1. The van der Waals surface area contributed by atoms with E-state index in [9.17, 15) is 5.26 Å². The molecule has 0 amide bonds. The van der Waals surface area contributed by atoms with Gasteiger partial charge in [0, 0.05) is 5.92 Å². The highest BCUT2D eigenvalue weighted by atomic mass is 16.5. The number of nitriles is 1. The molecule has 1 fully saturated rings. The molecular formula is C16H17NO2. The highest BCUT2D eigenvalue weighted by Crippen LogP contribution is 2.55. The molecule has 0 aromatic heterocycles. The minimum atomic E-state index is -0.564. The molecule has 0 bridgehead atoms. The molecule has 3 heteroatoms. The van der Waals surface area contributed by atoms with Crippen LogP contribution in [0, 0.1) is 17.2 Å². The topological polar surface area (TPSA) is 53.2 Å². The fourth-order valence-electron chi connectivity index (χ4n) is 3.44. The van der Waals surface area contributed by atoms with Gasteiger partial charge in [0.2, 0.25) is 0 Å². The van der Waals surface area contributed by atoms with Gasteiger partial charge in [-0.2, -0.15) is 5.26 Å². The molecule has 3 rings (SSSR count). The first-order valence-electron chi connectivity index (χ1n) is 6.66. The Labute approximate surface area is 113 Å². The van der Waals surface area contributed by atoms with Crippen molar-refractivity contribution in [2.45, 2.75) is 24.9 Å². The van der Waals surface area contributed by atoms with Gasteiger partial charge in [0.1, 0.15) is 5.41 Å². The van der Waals surface area contributed by atoms with Gasteiger partial charge in [0.15, 0.2) is 0 Å². The van der Waals surface area contributed by atoms with E-state index in [-0.39, 0.29) is 18.6 Å². The lowest BCUT2D eigenvalue weighted by Crippen LogP contribution is -2.58. The Hall–Kier alpha value is -1.63. The molecule has 1 N–H and O–H groups in total. The summed E-state index contributed by atoms with van der Waals surface area (Å²) in [6, 6.07) is 10.6. The molecule has 3 atom stereocenters. The molecule has 0 aliphatic heterocycles. The fraction of sp³-hybridized carbons (Fsp3) is 0.438. The number of allylic oxidation sites excluding steroid dienone is 2. The molecule has 0 unspecified atom stereocenters. The van der Waals surface area contributed by atoms with Crippen LogP contribution in [0.4, 0.5) is 0 Å². The Kier molecular flexibility index (Phi) is 2.93. The average Bonchev–Trinajstić information content (AvgIpc) is 2.42. The van der Waals surface area contributed by atoms with Gasteiger partial charge in [-0.3, -0.25) is 0 Å². The zero-order chi connectivity index (χ0) is 13.5. The maximum atomic E-state index is 9.75. The Morgan fingerprint density at radius 3 is 3.00 bits per heavy atom. The number of benzene rings is 1. The molecule has 2 aliphatic rings. The summed E-state index contributed by atoms with van der Waals surface area (Å²) in [7, 11) is 0. The Morgan fingerprint density at radius 1 is 1.47 bits per heavy atom. The van der Waals surface area contributed by atoms with Gasteiger partial charge in [-0.1, -0.05) is 30.3 Å². The van der Waals surface area contributed by atoms with Crippen molar-refractivity contribution in [2.75, 3.05) is 13.2 Å². The minimum Gasteiger partial charge on any atom is -0.394 e. The van der Waals surface area contributed by atoms with Crippen LogP contribution in [0.15, 0.2) is 30.3 Å². The van der Waals surface area contributed by atoms with E-state index in [1.807, 2.05) is 18.2 Å². The van der Waals surface area contributed by atoms with Crippen molar-refractivity contribution in [1.29, 1.82) is 5.26 Å². The van der Waals surface area contributed by atoms with Gasteiger partial charge in [0.25, 0.3) is 0 Å². The normalized spacial score (nSPS) is 31.5. The first kappa shape index (κ1) is 12.4. The van der Waals surface area contributed by atoms with E-state index in [2.05, 4.69) is 25.1 Å². The second-order valence-corrected chi connectivity index (χ2v) is 5.30. The molecule has 0 saturated heterocycles. The standard InChI is InChI=1S/C16H17NO2/c1-11-8-12-9-15(19-7-6-18)16(12,10-17)14-5-3-2-4-13(11)14/h2-5,8,12,15,18H,6-7,9H2,1H3/t12-,15+,16+/m0/s1. The van der Waals surface area contributed by atoms with Gasteiger partial charge >= 0.3 is 0 Å². The SMILES string of the molecule is CC1=C[C@H]2C[C@@H](OCCO)[C@@]2(C#N)c2ccccc21. The van der Waals surface area contributed by atoms with Crippen LogP contribution >= 0.6 is 0 Å². The number of nitrogens with zero attached hydrogens (tertiary/aromatic N) is 1. The maximum Gasteiger partial charge on any atom is 0.115 e. The maximum absolute atomic E-state index is 9.75. The third kappa shape index (κ3) is 1.57. The zero-order valence-electron chi connectivity index (χ0n) is 11.0. The second-order valence-electron chi connectivity index (χ2n) is 5.30. The fourth-order valence-corrected chi connectivity index (χ4v) is 3.44. The van der Waals surface area contributed by atoms with Crippen LogP contribution < -0.4 is 0 Å². The third-order valence-corrected chi connectivity index (χ3v) is 4.40. The molecule has 0 radical (unpaired) electrons. The third-order valence-electron chi connectivity index (χ3n) is 4.40. The molecule has 0 heterocycles. The summed E-state index contributed by atoms with van der Waals surface area (Å²) < 4.78 is 5.68. The van der Waals surface area contributed by atoms with Gasteiger partial charge in [-0.25, -0.2) is 0 Å². The quantitative estimate of drug-likeness (QED) is 0.901. The van der Waals surface area contributed by atoms with E-state index in [4.69, 9.17) is 9.84 Å². The number of hydrogen-bond acceptors (Lipinski definition) is 3. The van der Waals surface area contributed by atoms with Crippen LogP contribution in [-0.2, 0) is 10.2 Å². The van der Waals surface area contributed by atoms with Gasteiger partial charge in [0.05, 0.1) is 25.4 Å². The van der Waals surface area contributed by atoms with Crippen molar-refractivity contribution in [3.8, 4) is 6.07 Å². The van der Waals surface area contributed by atoms with E-state index in [1.165, 1.54) is 5.57 Å². The van der Waals surface area contributed by atoms with E-state index < -0.39 is 5.41 Å². The second kappa shape index (κ2) is 4.48.